The quantitative estimate of drug-likeness (QED) is 0.462. The normalized spacial score (nSPS) is 24.2. The Kier molecular flexibility index (Phi) is 3.53. The molecule has 0 amide bonds. The number of nitrogens with one attached hydrogen (secondary N) is 1. The Morgan fingerprint density at radius 2 is 2.08 bits per heavy atom. The Bertz CT molecular complexity index is 868. The molecule has 6 heteroatoms. The van der Waals surface area contributed by atoms with Gasteiger partial charge in [0.25, 0.3) is 5.69 Å². The molecule has 1 aliphatic carbocycles. The topological polar surface area (TPSA) is 55.2 Å². The van der Waals surface area contributed by atoms with E-state index in [0.29, 0.717) is 16.3 Å². The lowest BCUT2D eigenvalue weighted by Crippen LogP contribution is -2.30. The van der Waals surface area contributed by atoms with Crippen molar-refractivity contribution in [1.82, 2.24) is 0 Å². The highest BCUT2D eigenvalue weighted by molar-refractivity contribution is 6.31. The van der Waals surface area contributed by atoms with Crippen LogP contribution in [0, 0.1) is 21.8 Å². The predicted octanol–water partition coefficient (Wildman–Crippen LogP) is 5.21. The third-order valence-corrected chi connectivity index (χ3v) is 5.22. The maximum Gasteiger partial charge on any atom is 0.269 e. The van der Waals surface area contributed by atoms with E-state index in [-0.39, 0.29) is 29.4 Å². The molecule has 0 unspecified atom stereocenters. The molecule has 122 valence electrons. The van der Waals surface area contributed by atoms with E-state index in [1.807, 2.05) is 6.07 Å². The van der Waals surface area contributed by atoms with Crippen LogP contribution in [0.1, 0.15) is 29.5 Å². The average molecular weight is 345 g/mol. The summed E-state index contributed by atoms with van der Waals surface area (Å²) in [6.07, 6.45) is 4.98. The van der Waals surface area contributed by atoms with Gasteiger partial charge in [0, 0.05) is 28.6 Å². The Morgan fingerprint density at radius 1 is 1.25 bits per heavy atom. The highest BCUT2D eigenvalue weighted by atomic mass is 35.5. The molecular formula is C18H14ClFN2O2. The molecule has 2 aliphatic rings. The number of allylic oxidation sites excluding steroid dienone is 2. The molecule has 2 aromatic rings. The number of halogens is 2. The summed E-state index contributed by atoms with van der Waals surface area (Å²) in [5.74, 6) is -0.0890. The smallest absolute Gasteiger partial charge is 0.269 e. The van der Waals surface area contributed by atoms with Gasteiger partial charge in [-0.3, -0.25) is 10.1 Å². The van der Waals surface area contributed by atoms with Gasteiger partial charge in [0.1, 0.15) is 5.82 Å². The Hall–Kier alpha value is -2.40. The summed E-state index contributed by atoms with van der Waals surface area (Å²) in [4.78, 5) is 10.7. The van der Waals surface area contributed by atoms with E-state index >= 15 is 0 Å². The van der Waals surface area contributed by atoms with Crippen LogP contribution in [0.4, 0.5) is 15.8 Å². The van der Waals surface area contributed by atoms with E-state index in [0.717, 1.165) is 12.0 Å². The van der Waals surface area contributed by atoms with E-state index in [4.69, 9.17) is 11.6 Å². The molecule has 1 N–H and O–H groups in total. The van der Waals surface area contributed by atoms with Crippen LogP contribution in [-0.4, -0.2) is 4.92 Å². The number of hydrogen-bond acceptors (Lipinski definition) is 3. The van der Waals surface area contributed by atoms with Crippen molar-refractivity contribution >= 4 is 23.0 Å². The fourth-order valence-corrected chi connectivity index (χ4v) is 4.01. The molecule has 0 saturated carbocycles. The van der Waals surface area contributed by atoms with Gasteiger partial charge in [0.05, 0.1) is 16.7 Å². The number of fused-ring (bicyclic) bond motifs is 3. The van der Waals surface area contributed by atoms with Crippen LogP contribution >= 0.6 is 11.6 Å². The van der Waals surface area contributed by atoms with Gasteiger partial charge in [-0.25, -0.2) is 4.39 Å². The molecule has 0 saturated heterocycles. The molecule has 0 fully saturated rings. The van der Waals surface area contributed by atoms with Crippen LogP contribution in [0.15, 0.2) is 48.6 Å². The summed E-state index contributed by atoms with van der Waals surface area (Å²) in [7, 11) is 0. The van der Waals surface area contributed by atoms with Crippen molar-refractivity contribution in [1.29, 1.82) is 0 Å². The number of hydrogen-bond donors (Lipinski definition) is 1. The first kappa shape index (κ1) is 15.1. The Balaban J connectivity index is 1.84. The second kappa shape index (κ2) is 5.60. The number of non-ortho nitro benzene ring substituents is 1. The highest BCUT2D eigenvalue weighted by Crippen LogP contribution is 2.51. The minimum absolute atomic E-state index is 0.0157. The number of anilines is 1. The average Bonchev–Trinajstić information content (AvgIpc) is 3.05. The van der Waals surface area contributed by atoms with E-state index in [1.54, 1.807) is 6.07 Å². The lowest BCUT2D eigenvalue weighted by atomic mass is 9.77. The first-order valence-corrected chi connectivity index (χ1v) is 8.09. The Labute approximate surface area is 143 Å². The largest absolute Gasteiger partial charge is 0.375 e. The van der Waals surface area contributed by atoms with Crippen molar-refractivity contribution in [3.05, 3.63) is 80.6 Å². The fraction of sp³-hybridized carbons (Fsp3) is 0.222. The predicted molar refractivity (Wildman–Crippen MR) is 90.9 cm³/mol. The molecule has 0 bridgehead atoms. The van der Waals surface area contributed by atoms with Crippen molar-refractivity contribution < 1.29 is 9.31 Å². The fourth-order valence-electron chi connectivity index (χ4n) is 3.77. The second-order valence-electron chi connectivity index (χ2n) is 6.14. The third kappa shape index (κ3) is 2.27. The number of benzene rings is 2. The zero-order valence-electron chi connectivity index (χ0n) is 12.6. The molecular weight excluding hydrogens is 331 g/mol. The third-order valence-electron chi connectivity index (χ3n) is 4.87. The van der Waals surface area contributed by atoms with Crippen molar-refractivity contribution in [2.75, 3.05) is 5.32 Å². The molecule has 24 heavy (non-hydrogen) atoms. The van der Waals surface area contributed by atoms with Gasteiger partial charge in [0.15, 0.2) is 0 Å². The van der Waals surface area contributed by atoms with E-state index in [9.17, 15) is 14.5 Å². The first-order valence-electron chi connectivity index (χ1n) is 7.71. The summed E-state index contributed by atoms with van der Waals surface area (Å²) in [6, 6.07) is 9.17. The van der Waals surface area contributed by atoms with Crippen molar-refractivity contribution in [3.63, 3.8) is 0 Å². The SMILES string of the molecule is O=[N+]([O-])c1ccc(Cl)c([C@H]2Nc3c(F)cccc3[C@@H]3C=CC[C@H]23)c1. The molecule has 4 nitrogen and oxygen atoms in total. The van der Waals surface area contributed by atoms with Gasteiger partial charge in [0.2, 0.25) is 0 Å². The van der Waals surface area contributed by atoms with Crippen molar-refractivity contribution in [3.8, 4) is 0 Å². The van der Waals surface area contributed by atoms with Crippen molar-refractivity contribution in [2.45, 2.75) is 18.4 Å². The number of nitrogens with zero attached hydrogens (tertiary/aromatic N) is 1. The summed E-state index contributed by atoms with van der Waals surface area (Å²) < 4.78 is 14.3. The van der Waals surface area contributed by atoms with Gasteiger partial charge >= 0.3 is 0 Å². The van der Waals surface area contributed by atoms with Gasteiger partial charge < -0.3 is 5.32 Å². The van der Waals surface area contributed by atoms with E-state index in [1.165, 1.54) is 24.3 Å². The van der Waals surface area contributed by atoms with Crippen LogP contribution in [0.25, 0.3) is 0 Å². The van der Waals surface area contributed by atoms with E-state index < -0.39 is 4.92 Å². The highest BCUT2D eigenvalue weighted by Gasteiger charge is 2.39. The molecule has 1 heterocycles. The molecule has 0 radical (unpaired) electrons. The van der Waals surface area contributed by atoms with Crippen molar-refractivity contribution in [2.24, 2.45) is 5.92 Å². The summed E-state index contributed by atoms with van der Waals surface area (Å²) in [5.41, 5.74) is 2.00. The monoisotopic (exact) mass is 344 g/mol. The minimum Gasteiger partial charge on any atom is -0.375 e. The summed E-state index contributed by atoms with van der Waals surface area (Å²) in [5, 5.41) is 14.8. The first-order chi connectivity index (χ1) is 11.6. The molecule has 0 aromatic heterocycles. The number of para-hydroxylation sites is 1. The van der Waals surface area contributed by atoms with Gasteiger partial charge in [-0.1, -0.05) is 35.9 Å². The zero-order chi connectivity index (χ0) is 16.8. The van der Waals surface area contributed by atoms with E-state index in [2.05, 4.69) is 17.5 Å². The maximum atomic E-state index is 14.3. The summed E-state index contributed by atoms with van der Waals surface area (Å²) >= 11 is 6.31. The molecule has 4 rings (SSSR count). The molecule has 1 aliphatic heterocycles. The van der Waals surface area contributed by atoms with Gasteiger partial charge in [-0.2, -0.15) is 0 Å². The summed E-state index contributed by atoms with van der Waals surface area (Å²) in [6.45, 7) is 0. The lowest BCUT2D eigenvalue weighted by Gasteiger charge is -2.37. The standard InChI is InChI=1S/C18H14ClFN2O2/c19-15-8-7-10(22(23)24)9-14(15)17-12-4-1-3-11(12)13-5-2-6-16(20)18(13)21-17/h1-3,5-9,11-12,17,21H,4H2/t11-,12+,17+/m1/s1. The lowest BCUT2D eigenvalue weighted by molar-refractivity contribution is -0.384. The van der Waals surface area contributed by atoms with Gasteiger partial charge in [-0.05, 0) is 30.0 Å². The number of nitro groups is 1. The molecule has 0 spiro atoms. The molecule has 2 aromatic carbocycles. The maximum absolute atomic E-state index is 14.3. The van der Waals surface area contributed by atoms with Crippen LogP contribution in [0.3, 0.4) is 0 Å². The van der Waals surface area contributed by atoms with Gasteiger partial charge in [-0.15, -0.1) is 0 Å². The van der Waals surface area contributed by atoms with Crippen LogP contribution in [0.2, 0.25) is 5.02 Å². The second-order valence-corrected chi connectivity index (χ2v) is 6.55. The Morgan fingerprint density at radius 3 is 2.88 bits per heavy atom. The number of nitro benzene ring substituents is 1. The van der Waals surface area contributed by atoms with Crippen LogP contribution < -0.4 is 5.32 Å². The number of rotatable bonds is 2. The zero-order valence-corrected chi connectivity index (χ0v) is 13.3. The van der Waals surface area contributed by atoms with Crippen LogP contribution in [0.5, 0.6) is 0 Å². The molecule has 3 atom stereocenters. The minimum atomic E-state index is -0.443. The van der Waals surface area contributed by atoms with Crippen LogP contribution in [-0.2, 0) is 0 Å².